The summed E-state index contributed by atoms with van der Waals surface area (Å²) in [6.07, 6.45) is 2.41. The molecule has 1 heterocycles. The lowest BCUT2D eigenvalue weighted by Crippen LogP contribution is -2.41. The summed E-state index contributed by atoms with van der Waals surface area (Å²) in [4.78, 5) is 16.3. The molecule has 1 amide bonds. The topological polar surface area (TPSA) is 61.6 Å². The number of rotatable bonds is 4. The van der Waals surface area contributed by atoms with Crippen molar-refractivity contribution >= 4 is 5.91 Å². The van der Waals surface area contributed by atoms with Crippen LogP contribution < -0.4 is 11.3 Å². The Morgan fingerprint density at radius 1 is 1.40 bits per heavy atom. The molecule has 0 spiro atoms. The maximum absolute atomic E-state index is 11.5. The molecule has 110 valence electrons. The summed E-state index contributed by atoms with van der Waals surface area (Å²) in [6, 6.07) is 8.36. The molecule has 0 aliphatic carbocycles. The van der Waals surface area contributed by atoms with Crippen LogP contribution in [0.1, 0.15) is 28.8 Å². The van der Waals surface area contributed by atoms with Crippen molar-refractivity contribution in [2.45, 2.75) is 25.4 Å². The van der Waals surface area contributed by atoms with Gasteiger partial charge in [-0.25, -0.2) is 5.84 Å². The van der Waals surface area contributed by atoms with E-state index in [1.165, 1.54) is 12.8 Å². The molecule has 0 aromatic heterocycles. The molecule has 1 saturated heterocycles. The molecule has 0 radical (unpaired) electrons. The highest BCUT2D eigenvalue weighted by Crippen LogP contribution is 2.17. The van der Waals surface area contributed by atoms with E-state index in [9.17, 15) is 4.79 Å². The second kappa shape index (κ2) is 6.83. The van der Waals surface area contributed by atoms with Crippen LogP contribution in [0.4, 0.5) is 0 Å². The van der Waals surface area contributed by atoms with Crippen molar-refractivity contribution in [1.29, 1.82) is 0 Å². The van der Waals surface area contributed by atoms with Gasteiger partial charge in [0.15, 0.2) is 0 Å². The number of carbonyl (C=O) groups is 1. The van der Waals surface area contributed by atoms with Gasteiger partial charge in [-0.15, -0.1) is 0 Å². The van der Waals surface area contributed by atoms with E-state index in [1.807, 2.05) is 12.1 Å². The first-order chi connectivity index (χ1) is 9.60. The first kappa shape index (κ1) is 15.0. The van der Waals surface area contributed by atoms with E-state index in [4.69, 9.17) is 5.84 Å². The number of likely N-dealkylation sites (tertiary alicyclic amines) is 1. The zero-order valence-corrected chi connectivity index (χ0v) is 12.3. The summed E-state index contributed by atoms with van der Waals surface area (Å²) < 4.78 is 0. The number of nitrogens with two attached hydrogens (primary N) is 1. The fourth-order valence-corrected chi connectivity index (χ4v) is 2.75. The van der Waals surface area contributed by atoms with E-state index in [0.717, 1.165) is 25.2 Å². The second-order valence-electron chi connectivity index (χ2n) is 5.64. The Morgan fingerprint density at radius 3 is 2.70 bits per heavy atom. The molecule has 0 saturated carbocycles. The summed E-state index contributed by atoms with van der Waals surface area (Å²) in [5.41, 5.74) is 3.95. The molecule has 1 aliphatic heterocycles. The fourth-order valence-electron chi connectivity index (χ4n) is 2.75. The maximum Gasteiger partial charge on any atom is 0.265 e. The van der Waals surface area contributed by atoms with Gasteiger partial charge in [0, 0.05) is 18.2 Å². The van der Waals surface area contributed by atoms with Gasteiger partial charge in [-0.2, -0.15) is 0 Å². The van der Waals surface area contributed by atoms with E-state index < -0.39 is 0 Å². The largest absolute Gasteiger partial charge is 0.306 e. The van der Waals surface area contributed by atoms with Gasteiger partial charge in [-0.1, -0.05) is 12.1 Å². The van der Waals surface area contributed by atoms with Crippen LogP contribution in [-0.2, 0) is 6.54 Å². The molecule has 5 heteroatoms. The Morgan fingerprint density at radius 2 is 2.10 bits per heavy atom. The number of nitrogen functional groups attached to an aromatic ring is 1. The van der Waals surface area contributed by atoms with Gasteiger partial charge < -0.3 is 4.90 Å². The highest BCUT2D eigenvalue weighted by molar-refractivity contribution is 5.93. The highest BCUT2D eigenvalue weighted by atomic mass is 16.2. The van der Waals surface area contributed by atoms with Gasteiger partial charge in [-0.3, -0.25) is 15.1 Å². The number of benzene rings is 1. The molecule has 1 aromatic carbocycles. The predicted molar refractivity (Wildman–Crippen MR) is 80.1 cm³/mol. The van der Waals surface area contributed by atoms with Crippen molar-refractivity contribution in [2.24, 2.45) is 5.84 Å². The van der Waals surface area contributed by atoms with Crippen LogP contribution in [0.25, 0.3) is 0 Å². The SMILES string of the molecule is CN(C)C1CCN(Cc2cccc(C(=O)NN)c2)CC1. The minimum atomic E-state index is -0.238. The van der Waals surface area contributed by atoms with Gasteiger partial charge in [0.1, 0.15) is 0 Å². The van der Waals surface area contributed by atoms with Crippen LogP contribution in [-0.4, -0.2) is 48.9 Å². The number of hydrazine groups is 1. The monoisotopic (exact) mass is 276 g/mol. The van der Waals surface area contributed by atoms with E-state index >= 15 is 0 Å². The average molecular weight is 276 g/mol. The minimum Gasteiger partial charge on any atom is -0.306 e. The third-order valence-corrected chi connectivity index (χ3v) is 4.01. The van der Waals surface area contributed by atoms with Gasteiger partial charge >= 0.3 is 0 Å². The van der Waals surface area contributed by atoms with Crippen molar-refractivity contribution in [2.75, 3.05) is 27.2 Å². The van der Waals surface area contributed by atoms with Gasteiger partial charge in [0.05, 0.1) is 0 Å². The number of carbonyl (C=O) groups excluding carboxylic acids is 1. The fraction of sp³-hybridized carbons (Fsp3) is 0.533. The van der Waals surface area contributed by atoms with Crippen molar-refractivity contribution in [1.82, 2.24) is 15.2 Å². The van der Waals surface area contributed by atoms with Crippen LogP contribution in [0.2, 0.25) is 0 Å². The zero-order valence-electron chi connectivity index (χ0n) is 12.3. The van der Waals surface area contributed by atoms with E-state index in [2.05, 4.69) is 35.4 Å². The summed E-state index contributed by atoms with van der Waals surface area (Å²) in [7, 11) is 4.30. The van der Waals surface area contributed by atoms with Crippen LogP contribution in [0.3, 0.4) is 0 Å². The Hall–Kier alpha value is -1.43. The number of amides is 1. The lowest BCUT2D eigenvalue weighted by molar-refractivity contribution is 0.0953. The second-order valence-corrected chi connectivity index (χ2v) is 5.64. The van der Waals surface area contributed by atoms with Crippen molar-refractivity contribution in [3.63, 3.8) is 0 Å². The van der Waals surface area contributed by atoms with E-state index in [0.29, 0.717) is 11.6 Å². The minimum absolute atomic E-state index is 0.238. The third-order valence-electron chi connectivity index (χ3n) is 4.01. The normalized spacial score (nSPS) is 17.4. The van der Waals surface area contributed by atoms with Gasteiger partial charge in [-0.05, 0) is 57.7 Å². The molecule has 20 heavy (non-hydrogen) atoms. The third kappa shape index (κ3) is 3.79. The molecular weight excluding hydrogens is 252 g/mol. The Bertz CT molecular complexity index is 453. The van der Waals surface area contributed by atoms with Gasteiger partial charge in [0.25, 0.3) is 5.91 Å². The summed E-state index contributed by atoms with van der Waals surface area (Å²) >= 11 is 0. The molecular formula is C15H24N4O. The summed E-state index contributed by atoms with van der Waals surface area (Å²) in [5.74, 6) is 4.93. The molecule has 1 fully saturated rings. The van der Waals surface area contributed by atoms with E-state index in [1.54, 1.807) is 6.07 Å². The zero-order chi connectivity index (χ0) is 14.5. The highest BCUT2D eigenvalue weighted by Gasteiger charge is 2.20. The maximum atomic E-state index is 11.5. The first-order valence-corrected chi connectivity index (χ1v) is 7.09. The number of nitrogens with zero attached hydrogens (tertiary/aromatic N) is 2. The Kier molecular flexibility index (Phi) is 5.11. The lowest BCUT2D eigenvalue weighted by atomic mass is 10.0. The number of hydrogen-bond donors (Lipinski definition) is 2. The van der Waals surface area contributed by atoms with Crippen LogP contribution in [0.5, 0.6) is 0 Å². The predicted octanol–water partition coefficient (Wildman–Crippen LogP) is 0.816. The quantitative estimate of drug-likeness (QED) is 0.485. The van der Waals surface area contributed by atoms with Crippen LogP contribution in [0.15, 0.2) is 24.3 Å². The van der Waals surface area contributed by atoms with E-state index in [-0.39, 0.29) is 5.91 Å². The van der Waals surface area contributed by atoms with Crippen LogP contribution >= 0.6 is 0 Å². The Balaban J connectivity index is 1.93. The van der Waals surface area contributed by atoms with Crippen molar-refractivity contribution < 1.29 is 4.79 Å². The molecule has 5 nitrogen and oxygen atoms in total. The van der Waals surface area contributed by atoms with Crippen molar-refractivity contribution in [3.8, 4) is 0 Å². The van der Waals surface area contributed by atoms with Crippen molar-refractivity contribution in [3.05, 3.63) is 35.4 Å². The van der Waals surface area contributed by atoms with Crippen LogP contribution in [0, 0.1) is 0 Å². The summed E-state index contributed by atoms with van der Waals surface area (Å²) in [6.45, 7) is 3.11. The molecule has 3 N–H and O–H groups in total. The number of nitrogens with one attached hydrogen (secondary N) is 1. The van der Waals surface area contributed by atoms with Gasteiger partial charge in [0.2, 0.25) is 0 Å². The molecule has 2 rings (SSSR count). The summed E-state index contributed by atoms with van der Waals surface area (Å²) in [5, 5.41) is 0. The molecule has 1 aliphatic rings. The molecule has 0 bridgehead atoms. The average Bonchev–Trinajstić information content (AvgIpc) is 2.47. The Labute approximate surface area is 120 Å². The standard InChI is InChI=1S/C15H24N4O/c1-18(2)14-6-8-19(9-7-14)11-12-4-3-5-13(10-12)15(20)17-16/h3-5,10,14H,6-9,11,16H2,1-2H3,(H,17,20). The smallest absolute Gasteiger partial charge is 0.265 e. The lowest BCUT2D eigenvalue weighted by Gasteiger charge is -2.35. The number of piperidine rings is 1. The molecule has 0 atom stereocenters. The first-order valence-electron chi connectivity index (χ1n) is 7.09. The molecule has 1 aromatic rings. The number of hydrogen-bond acceptors (Lipinski definition) is 4. The molecule has 0 unspecified atom stereocenters.